The Hall–Kier alpha value is -1.94. The monoisotopic (exact) mass is 247 g/mol. The van der Waals surface area contributed by atoms with E-state index < -0.39 is 11.9 Å². The van der Waals surface area contributed by atoms with Crippen molar-refractivity contribution in [2.24, 2.45) is 0 Å². The fourth-order valence-electron chi connectivity index (χ4n) is 1.85. The summed E-state index contributed by atoms with van der Waals surface area (Å²) in [6, 6.07) is 8.14. The van der Waals surface area contributed by atoms with E-state index in [0.717, 1.165) is 0 Å². The van der Waals surface area contributed by atoms with E-state index in [-0.39, 0.29) is 11.3 Å². The molecule has 0 aliphatic rings. The topological polar surface area (TPSA) is 42.4 Å². The van der Waals surface area contributed by atoms with E-state index in [1.54, 1.807) is 31.3 Å². The van der Waals surface area contributed by atoms with Crippen molar-refractivity contribution in [1.82, 2.24) is 4.98 Å². The fourth-order valence-corrected chi connectivity index (χ4v) is 1.85. The maximum Gasteiger partial charge on any atom is 0.171 e. The van der Waals surface area contributed by atoms with Gasteiger partial charge in [0.1, 0.15) is 6.10 Å². The Morgan fingerprint density at radius 1 is 1.22 bits per heavy atom. The summed E-state index contributed by atoms with van der Waals surface area (Å²) >= 11 is 0. The second-order valence-corrected chi connectivity index (χ2v) is 3.94. The average Bonchev–Trinajstić information content (AvgIpc) is 2.39. The number of aliphatic hydroxyl groups is 1. The van der Waals surface area contributed by atoms with Gasteiger partial charge in [0.25, 0.3) is 0 Å². The van der Waals surface area contributed by atoms with Gasteiger partial charge >= 0.3 is 0 Å². The third-order valence-corrected chi connectivity index (χ3v) is 2.85. The predicted molar refractivity (Wildman–Crippen MR) is 66.0 cm³/mol. The van der Waals surface area contributed by atoms with E-state index in [9.17, 15) is 9.50 Å². The molecule has 1 N–H and O–H groups in total. The fraction of sp³-hybridized carbons (Fsp3) is 0.214. The van der Waals surface area contributed by atoms with Crippen molar-refractivity contribution in [2.75, 3.05) is 7.11 Å². The molecule has 1 aromatic heterocycles. The van der Waals surface area contributed by atoms with Gasteiger partial charge in [-0.2, -0.15) is 0 Å². The number of aryl methyl sites for hydroxylation is 1. The number of aliphatic hydroxyl groups excluding tert-OH is 1. The minimum atomic E-state index is -1.05. The lowest BCUT2D eigenvalue weighted by atomic mass is 10.00. The number of aromatic nitrogens is 1. The van der Waals surface area contributed by atoms with Crippen LogP contribution in [0.5, 0.6) is 5.75 Å². The molecule has 0 spiro atoms. The zero-order valence-electron chi connectivity index (χ0n) is 10.2. The first kappa shape index (κ1) is 12.5. The van der Waals surface area contributed by atoms with Gasteiger partial charge < -0.3 is 9.84 Å². The molecule has 0 aliphatic heterocycles. The number of pyridine rings is 1. The Kier molecular flexibility index (Phi) is 3.58. The number of hydrogen-bond acceptors (Lipinski definition) is 3. The van der Waals surface area contributed by atoms with Crippen LogP contribution in [-0.4, -0.2) is 17.2 Å². The predicted octanol–water partition coefficient (Wildman–Crippen LogP) is 2.62. The van der Waals surface area contributed by atoms with Gasteiger partial charge in [-0.05, 0) is 19.1 Å². The van der Waals surface area contributed by atoms with E-state index in [1.165, 1.54) is 19.2 Å². The Labute approximate surface area is 105 Å². The maximum atomic E-state index is 14.0. The summed E-state index contributed by atoms with van der Waals surface area (Å²) in [5.41, 5.74) is 1.45. The van der Waals surface area contributed by atoms with Crippen molar-refractivity contribution in [3.05, 3.63) is 59.2 Å². The lowest BCUT2D eigenvalue weighted by molar-refractivity contribution is 0.212. The van der Waals surface area contributed by atoms with Crippen molar-refractivity contribution in [3.63, 3.8) is 0 Å². The molecule has 0 aliphatic carbocycles. The van der Waals surface area contributed by atoms with Crippen molar-refractivity contribution in [2.45, 2.75) is 13.0 Å². The van der Waals surface area contributed by atoms with Crippen LogP contribution < -0.4 is 4.74 Å². The van der Waals surface area contributed by atoms with E-state index in [0.29, 0.717) is 11.3 Å². The number of hydrogen-bond donors (Lipinski definition) is 1. The lowest BCUT2D eigenvalue weighted by Gasteiger charge is -2.15. The van der Waals surface area contributed by atoms with Gasteiger partial charge in [0.05, 0.1) is 7.11 Å². The molecule has 0 fully saturated rings. The molecular formula is C14H14FNO2. The van der Waals surface area contributed by atoms with Gasteiger partial charge in [0.15, 0.2) is 11.6 Å². The summed E-state index contributed by atoms with van der Waals surface area (Å²) in [4.78, 5) is 4.08. The normalized spacial score (nSPS) is 12.2. The molecule has 2 rings (SSSR count). The van der Waals surface area contributed by atoms with Gasteiger partial charge in [0.2, 0.25) is 0 Å². The van der Waals surface area contributed by atoms with Crippen LogP contribution >= 0.6 is 0 Å². The molecular weight excluding hydrogens is 233 g/mol. The van der Waals surface area contributed by atoms with E-state index >= 15 is 0 Å². The van der Waals surface area contributed by atoms with Crippen LogP contribution in [0, 0.1) is 12.7 Å². The van der Waals surface area contributed by atoms with Crippen LogP contribution in [0.2, 0.25) is 0 Å². The molecule has 1 aromatic carbocycles. The van der Waals surface area contributed by atoms with E-state index in [4.69, 9.17) is 4.74 Å². The van der Waals surface area contributed by atoms with E-state index in [1.807, 2.05) is 0 Å². The third-order valence-electron chi connectivity index (χ3n) is 2.85. The van der Waals surface area contributed by atoms with Crippen molar-refractivity contribution < 1.29 is 14.2 Å². The van der Waals surface area contributed by atoms with Crippen LogP contribution in [0.4, 0.5) is 4.39 Å². The summed E-state index contributed by atoms with van der Waals surface area (Å²) in [6.07, 6.45) is 0.585. The standard InChI is InChI=1S/C14H14FNO2/c1-9-10(6-4-8-16-9)14(17)11-5-3-7-12(18-2)13(11)15/h3-8,14,17H,1-2H3. The molecule has 0 radical (unpaired) electrons. The number of benzene rings is 1. The molecule has 0 bridgehead atoms. The number of ether oxygens (including phenoxy) is 1. The minimum absolute atomic E-state index is 0.119. The molecule has 2 aromatic rings. The average molecular weight is 247 g/mol. The van der Waals surface area contributed by atoms with Crippen LogP contribution in [0.3, 0.4) is 0 Å². The molecule has 1 unspecified atom stereocenters. The zero-order chi connectivity index (χ0) is 13.1. The third kappa shape index (κ3) is 2.19. The molecule has 1 heterocycles. The van der Waals surface area contributed by atoms with Gasteiger partial charge in [0, 0.05) is 23.0 Å². The SMILES string of the molecule is COc1cccc(C(O)c2cccnc2C)c1F. The summed E-state index contributed by atoms with van der Waals surface area (Å²) in [5, 5.41) is 10.2. The highest BCUT2D eigenvalue weighted by Gasteiger charge is 2.19. The first-order valence-electron chi connectivity index (χ1n) is 5.57. The van der Waals surface area contributed by atoms with Gasteiger partial charge in [-0.15, -0.1) is 0 Å². The smallest absolute Gasteiger partial charge is 0.171 e. The van der Waals surface area contributed by atoms with Crippen molar-refractivity contribution >= 4 is 0 Å². The summed E-state index contributed by atoms with van der Waals surface area (Å²) < 4.78 is 18.9. The zero-order valence-corrected chi connectivity index (χ0v) is 10.2. The minimum Gasteiger partial charge on any atom is -0.494 e. The van der Waals surface area contributed by atoms with Gasteiger partial charge in [-0.3, -0.25) is 4.98 Å². The second kappa shape index (κ2) is 5.14. The van der Waals surface area contributed by atoms with Gasteiger partial charge in [-0.25, -0.2) is 4.39 Å². The lowest BCUT2D eigenvalue weighted by Crippen LogP contribution is -2.06. The Balaban J connectivity index is 2.47. The Bertz CT molecular complexity index is 557. The van der Waals surface area contributed by atoms with Crippen LogP contribution in [0.25, 0.3) is 0 Å². The second-order valence-electron chi connectivity index (χ2n) is 3.94. The number of nitrogens with zero attached hydrogens (tertiary/aromatic N) is 1. The van der Waals surface area contributed by atoms with Crippen molar-refractivity contribution in [3.8, 4) is 5.75 Å². The molecule has 1 atom stereocenters. The molecule has 18 heavy (non-hydrogen) atoms. The highest BCUT2D eigenvalue weighted by molar-refractivity contribution is 5.38. The highest BCUT2D eigenvalue weighted by atomic mass is 19.1. The maximum absolute atomic E-state index is 14.0. The molecule has 94 valence electrons. The molecule has 3 nitrogen and oxygen atoms in total. The number of methoxy groups -OCH3 is 1. The summed E-state index contributed by atoms with van der Waals surface area (Å²) in [5.74, 6) is -0.427. The first-order chi connectivity index (χ1) is 8.65. The van der Waals surface area contributed by atoms with Crippen LogP contribution in [-0.2, 0) is 0 Å². The summed E-state index contributed by atoms with van der Waals surface area (Å²) in [7, 11) is 1.39. The van der Waals surface area contributed by atoms with Crippen molar-refractivity contribution in [1.29, 1.82) is 0 Å². The number of halogens is 1. The summed E-state index contributed by atoms with van der Waals surface area (Å²) in [6.45, 7) is 1.77. The molecule has 4 heteroatoms. The molecule has 0 saturated carbocycles. The molecule has 0 saturated heterocycles. The first-order valence-corrected chi connectivity index (χ1v) is 5.57. The van der Waals surface area contributed by atoms with Gasteiger partial charge in [-0.1, -0.05) is 18.2 Å². The largest absolute Gasteiger partial charge is 0.494 e. The quantitative estimate of drug-likeness (QED) is 0.906. The number of rotatable bonds is 3. The molecule has 0 amide bonds. The van der Waals surface area contributed by atoms with E-state index in [2.05, 4.69) is 4.98 Å². The highest BCUT2D eigenvalue weighted by Crippen LogP contribution is 2.29. The Morgan fingerprint density at radius 2 is 1.94 bits per heavy atom. The van der Waals surface area contributed by atoms with Crippen LogP contribution in [0.1, 0.15) is 22.9 Å². The Morgan fingerprint density at radius 3 is 2.61 bits per heavy atom. The van der Waals surface area contributed by atoms with Crippen LogP contribution in [0.15, 0.2) is 36.5 Å².